The molecule has 19 heteroatoms. The van der Waals surface area contributed by atoms with Crippen molar-refractivity contribution in [2.75, 3.05) is 40.2 Å². The highest BCUT2D eigenvalue weighted by atomic mass is 32.2. The summed E-state index contributed by atoms with van der Waals surface area (Å²) in [5, 5.41) is 0. The van der Waals surface area contributed by atoms with Crippen LogP contribution in [0.4, 0.5) is 0 Å². The van der Waals surface area contributed by atoms with Crippen molar-refractivity contribution >= 4 is 57.3 Å². The molecule has 1 fully saturated rings. The van der Waals surface area contributed by atoms with E-state index in [1.165, 1.54) is 28.2 Å². The molecule has 18 nitrogen and oxygen atoms in total. The van der Waals surface area contributed by atoms with E-state index in [2.05, 4.69) is 0 Å². The molecular weight excluding hydrogens is 913 g/mol. The van der Waals surface area contributed by atoms with Crippen LogP contribution in [0, 0.1) is 35.5 Å². The zero-order valence-corrected chi connectivity index (χ0v) is 44.7. The Balaban J connectivity index is 3.00. The van der Waals surface area contributed by atoms with Crippen molar-refractivity contribution in [2.45, 2.75) is 157 Å². The lowest BCUT2D eigenvalue weighted by molar-refractivity contribution is -0.180. The van der Waals surface area contributed by atoms with Gasteiger partial charge in [0.1, 0.15) is 34.0 Å². The van der Waals surface area contributed by atoms with E-state index < -0.39 is 142 Å². The summed E-state index contributed by atoms with van der Waals surface area (Å²) >= 11 is 0. The third-order valence-electron chi connectivity index (χ3n) is 12.1. The molecule has 0 spiro atoms. The number of ether oxygens (including phenoxy) is 4. The zero-order chi connectivity index (χ0) is 53.0. The van der Waals surface area contributed by atoms with Gasteiger partial charge in [-0.15, -0.1) is 0 Å². The van der Waals surface area contributed by atoms with Gasteiger partial charge in [-0.3, -0.25) is 19.2 Å². The Hall–Kier alpha value is -5.07. The smallest absolute Gasteiger partial charge is 0.329 e. The summed E-state index contributed by atoms with van der Waals surface area (Å²) in [6.45, 7) is 20.3. The molecule has 1 saturated heterocycles. The van der Waals surface area contributed by atoms with Gasteiger partial charge in [0.05, 0.1) is 5.75 Å². The van der Waals surface area contributed by atoms with Gasteiger partial charge in [-0.25, -0.2) is 27.6 Å². The minimum absolute atomic E-state index is 0.0613. The van der Waals surface area contributed by atoms with Gasteiger partial charge in [0.25, 0.3) is 23.6 Å². The van der Waals surface area contributed by atoms with E-state index in [1.54, 1.807) is 85.7 Å². The van der Waals surface area contributed by atoms with E-state index >= 15 is 0 Å². The molecule has 1 aliphatic rings. The van der Waals surface area contributed by atoms with Crippen molar-refractivity contribution < 1.29 is 65.7 Å². The largest absolute Gasteiger partial charge is 0.450 e. The maximum absolute atomic E-state index is 14.6. The first kappa shape index (κ1) is 60.1. The Labute approximate surface area is 410 Å². The Morgan fingerprint density at radius 3 is 1.01 bits per heavy atom. The molecule has 1 aliphatic heterocycles. The maximum atomic E-state index is 14.6. The molecule has 0 radical (unpaired) electrons. The van der Waals surface area contributed by atoms with Gasteiger partial charge in [0.15, 0.2) is 24.4 Å². The number of carbonyl (C=O) groups excluding carboxylic acids is 8. The van der Waals surface area contributed by atoms with Crippen LogP contribution in [0.3, 0.4) is 0 Å². The highest BCUT2D eigenvalue weighted by Crippen LogP contribution is 2.26. The number of amides is 4. The average Bonchev–Trinajstić information content (AvgIpc) is 3.25. The van der Waals surface area contributed by atoms with Crippen LogP contribution < -0.4 is 0 Å². The Kier molecular flexibility index (Phi) is 22.8. The molecule has 0 saturated carbocycles. The van der Waals surface area contributed by atoms with Crippen molar-refractivity contribution in [3.8, 4) is 0 Å². The number of nitrogens with zero attached hydrogens (tertiary/aromatic N) is 4. The predicted molar refractivity (Wildman–Crippen MR) is 258 cm³/mol. The number of cyclic esters (lactones) is 4. The van der Waals surface area contributed by atoms with Crippen LogP contribution in [-0.2, 0) is 73.6 Å². The highest BCUT2D eigenvalue weighted by molar-refractivity contribution is 7.90. The summed E-state index contributed by atoms with van der Waals surface area (Å²) in [7, 11) is 1.55. The number of esters is 4. The van der Waals surface area contributed by atoms with E-state index in [-0.39, 0.29) is 31.1 Å². The van der Waals surface area contributed by atoms with Gasteiger partial charge in [0.2, 0.25) is 0 Å². The summed E-state index contributed by atoms with van der Waals surface area (Å²) in [6, 6.07) is 3.13. The lowest BCUT2D eigenvalue weighted by Crippen LogP contribution is -2.56. The van der Waals surface area contributed by atoms with Crippen molar-refractivity contribution in [1.29, 1.82) is 0 Å². The molecule has 4 amide bonds. The van der Waals surface area contributed by atoms with Gasteiger partial charge in [-0.1, -0.05) is 113 Å². The van der Waals surface area contributed by atoms with Gasteiger partial charge in [0, 0.05) is 40.9 Å². The summed E-state index contributed by atoms with van der Waals surface area (Å²) in [5.74, 6) is -10.9. The fraction of sp³-hybridized carbons (Fsp3) is 0.720. The van der Waals surface area contributed by atoms with Crippen LogP contribution in [0.5, 0.6) is 0 Å². The average molecular weight is 993 g/mol. The predicted octanol–water partition coefficient (Wildman–Crippen LogP) is 4.35. The molecule has 1 aromatic rings. The number of rotatable bonds is 13. The number of benzene rings is 1. The minimum Gasteiger partial charge on any atom is -0.450 e. The molecule has 1 heterocycles. The molecule has 390 valence electrons. The Morgan fingerprint density at radius 1 is 0.449 bits per heavy atom. The molecule has 0 aromatic heterocycles. The summed E-state index contributed by atoms with van der Waals surface area (Å²) in [5.41, 5.74) is 0.617. The fourth-order valence-corrected chi connectivity index (χ4v) is 8.50. The quantitative estimate of drug-likeness (QED) is 0.198. The standard InChI is InChI=1S/C50H80N4O14S/c1-28(2)25-36-48(60)66-41(32(9)10)45(57)53(15)37(26-29(3)4)49(61)67-42(33(11)12)46(58)54(16)38(27-34-21-19-18-20-22-34)50(62)68-39(30(5)6)43(55)51(13)35(23-24-69(17,63)64)47(59)65-40(31(7)8)44(56)52(36)14/h18-22,28-33,35-42H,23-27H2,1-17H3. The zero-order valence-electron chi connectivity index (χ0n) is 43.9. The van der Waals surface area contributed by atoms with E-state index in [1.807, 2.05) is 27.7 Å². The fourth-order valence-electron chi connectivity index (χ4n) is 7.85. The molecule has 0 N–H and O–H groups in total. The third kappa shape index (κ3) is 17.1. The SMILES string of the molecule is CC(C)CC1C(=O)OC(C(C)C)C(=O)N(C)C(Cc2ccccc2)C(=O)OC(C(C)C)C(=O)N(C)C(CCS(C)(=O)=O)C(=O)OC(C(C)C)C(=O)N(C)C(CC(C)C)C(=O)OC(C(C)C)C(=O)N1C. The van der Waals surface area contributed by atoms with Crippen molar-refractivity contribution in [3.05, 3.63) is 35.9 Å². The summed E-state index contributed by atoms with van der Waals surface area (Å²) < 4.78 is 48.9. The van der Waals surface area contributed by atoms with Crippen molar-refractivity contribution in [3.63, 3.8) is 0 Å². The lowest BCUT2D eigenvalue weighted by Gasteiger charge is -2.37. The maximum Gasteiger partial charge on any atom is 0.329 e. The van der Waals surface area contributed by atoms with Gasteiger partial charge in [-0.2, -0.15) is 0 Å². The molecule has 0 aliphatic carbocycles. The third-order valence-corrected chi connectivity index (χ3v) is 13.1. The summed E-state index contributed by atoms with van der Waals surface area (Å²) in [6.07, 6.45) is -5.53. The van der Waals surface area contributed by atoms with E-state index in [9.17, 15) is 46.8 Å². The lowest BCUT2D eigenvalue weighted by atomic mass is 9.98. The van der Waals surface area contributed by atoms with Crippen LogP contribution in [0.2, 0.25) is 0 Å². The molecule has 8 unspecified atom stereocenters. The van der Waals surface area contributed by atoms with Gasteiger partial charge >= 0.3 is 23.9 Å². The minimum atomic E-state index is -3.74. The van der Waals surface area contributed by atoms with Crippen LogP contribution in [-0.4, -0.2) is 164 Å². The number of sulfone groups is 1. The van der Waals surface area contributed by atoms with Crippen LogP contribution in [0.15, 0.2) is 30.3 Å². The molecule has 1 aromatic carbocycles. The van der Waals surface area contributed by atoms with Crippen LogP contribution in [0.1, 0.15) is 108 Å². The Morgan fingerprint density at radius 2 is 0.725 bits per heavy atom. The number of carbonyl (C=O) groups is 8. The molecule has 0 bridgehead atoms. The second-order valence-corrected chi connectivity index (χ2v) is 22.9. The monoisotopic (exact) mass is 993 g/mol. The molecule has 69 heavy (non-hydrogen) atoms. The highest BCUT2D eigenvalue weighted by Gasteiger charge is 2.45. The van der Waals surface area contributed by atoms with E-state index in [4.69, 9.17) is 18.9 Å². The first-order valence-electron chi connectivity index (χ1n) is 23.9. The topological polar surface area (TPSA) is 221 Å². The summed E-state index contributed by atoms with van der Waals surface area (Å²) in [4.78, 5) is 120. The molecular formula is C50H80N4O14S. The van der Waals surface area contributed by atoms with E-state index in [0.29, 0.717) is 5.56 Å². The number of hydrogen-bond acceptors (Lipinski definition) is 14. The van der Waals surface area contributed by atoms with Gasteiger partial charge in [-0.05, 0) is 60.3 Å². The number of likely N-dealkylation sites (N-methyl/N-ethyl adjacent to an activating group) is 4. The van der Waals surface area contributed by atoms with Crippen LogP contribution in [0.25, 0.3) is 0 Å². The Bertz CT molecular complexity index is 2060. The van der Waals surface area contributed by atoms with Gasteiger partial charge < -0.3 is 38.5 Å². The second kappa shape index (κ2) is 26.2. The molecule has 2 rings (SSSR count). The molecule has 8 atom stereocenters. The number of hydrogen-bond donors (Lipinski definition) is 0. The van der Waals surface area contributed by atoms with E-state index in [0.717, 1.165) is 25.9 Å². The van der Waals surface area contributed by atoms with Crippen molar-refractivity contribution in [1.82, 2.24) is 19.6 Å². The first-order valence-corrected chi connectivity index (χ1v) is 26.0. The first-order chi connectivity index (χ1) is 31.8. The second-order valence-electron chi connectivity index (χ2n) is 20.6. The normalized spacial score (nSPS) is 25.5. The van der Waals surface area contributed by atoms with Crippen LogP contribution >= 0.6 is 0 Å². The van der Waals surface area contributed by atoms with Crippen molar-refractivity contribution in [2.24, 2.45) is 35.5 Å².